The summed E-state index contributed by atoms with van der Waals surface area (Å²) >= 11 is 0. The van der Waals surface area contributed by atoms with Gasteiger partial charge in [0, 0.05) is 12.6 Å². The number of halogens is 1. The van der Waals surface area contributed by atoms with Gasteiger partial charge in [-0.05, 0) is 37.5 Å². The highest BCUT2D eigenvalue weighted by molar-refractivity contribution is 7.89. The molecule has 0 aromatic carbocycles. The maximum atomic E-state index is 12.1. The zero-order valence-corrected chi connectivity index (χ0v) is 13.1. The quantitative estimate of drug-likeness (QED) is 0.788. The number of hydrogen-bond acceptors (Lipinski definition) is 3. The molecule has 2 rings (SSSR count). The molecular weight excluding hydrogens is 284 g/mol. The summed E-state index contributed by atoms with van der Waals surface area (Å²) in [6.07, 6.45) is 9.17. The van der Waals surface area contributed by atoms with Crippen LogP contribution in [0.25, 0.3) is 0 Å². The molecule has 2 aliphatic carbocycles. The van der Waals surface area contributed by atoms with Crippen LogP contribution in [0, 0.1) is 11.8 Å². The second-order valence-electron chi connectivity index (χ2n) is 5.94. The van der Waals surface area contributed by atoms with Crippen LogP contribution in [-0.2, 0) is 10.0 Å². The van der Waals surface area contributed by atoms with E-state index in [4.69, 9.17) is 5.73 Å². The molecule has 0 amide bonds. The predicted octanol–water partition coefficient (Wildman–Crippen LogP) is 2.04. The highest BCUT2D eigenvalue weighted by Crippen LogP contribution is 2.29. The van der Waals surface area contributed by atoms with Crippen LogP contribution in [0.15, 0.2) is 0 Å². The van der Waals surface area contributed by atoms with E-state index in [0.29, 0.717) is 24.1 Å². The molecule has 0 radical (unpaired) electrons. The molecule has 1 atom stereocenters. The molecule has 0 aliphatic heterocycles. The van der Waals surface area contributed by atoms with Gasteiger partial charge in [0.2, 0.25) is 10.0 Å². The molecule has 0 aromatic heterocycles. The maximum Gasteiger partial charge on any atom is 0.212 e. The summed E-state index contributed by atoms with van der Waals surface area (Å²) in [4.78, 5) is 0. The van der Waals surface area contributed by atoms with Gasteiger partial charge in [-0.25, -0.2) is 13.1 Å². The average molecular weight is 311 g/mol. The Hall–Kier alpha value is 0.160. The molecule has 6 heteroatoms. The van der Waals surface area contributed by atoms with Gasteiger partial charge in [-0.1, -0.05) is 25.7 Å². The fourth-order valence-electron chi connectivity index (χ4n) is 3.46. The van der Waals surface area contributed by atoms with E-state index in [1.54, 1.807) is 0 Å². The molecular formula is C13H27ClN2O2S. The molecule has 19 heavy (non-hydrogen) atoms. The Kier molecular flexibility index (Phi) is 7.08. The van der Waals surface area contributed by atoms with Gasteiger partial charge in [0.05, 0.1) is 5.75 Å². The van der Waals surface area contributed by atoms with E-state index in [1.807, 2.05) is 0 Å². The minimum absolute atomic E-state index is 0. The van der Waals surface area contributed by atoms with Crippen LogP contribution in [0.3, 0.4) is 0 Å². The van der Waals surface area contributed by atoms with E-state index in [0.717, 1.165) is 25.7 Å². The Morgan fingerprint density at radius 2 is 1.58 bits per heavy atom. The van der Waals surface area contributed by atoms with Crippen LogP contribution in [-0.4, -0.2) is 26.8 Å². The van der Waals surface area contributed by atoms with E-state index in [9.17, 15) is 8.42 Å². The summed E-state index contributed by atoms with van der Waals surface area (Å²) in [5.74, 6) is 1.12. The number of sulfonamides is 1. The Morgan fingerprint density at radius 1 is 1.05 bits per heavy atom. The van der Waals surface area contributed by atoms with Crippen molar-refractivity contribution in [2.75, 3.05) is 12.3 Å². The molecule has 2 saturated carbocycles. The second-order valence-corrected chi connectivity index (χ2v) is 7.74. The zero-order chi connectivity index (χ0) is 13.0. The lowest BCUT2D eigenvalue weighted by molar-refractivity contribution is 0.403. The monoisotopic (exact) mass is 310 g/mol. The maximum absolute atomic E-state index is 12.1. The molecule has 2 aliphatic rings. The number of hydrogen-bond donors (Lipinski definition) is 2. The van der Waals surface area contributed by atoms with Crippen molar-refractivity contribution in [1.82, 2.24) is 4.72 Å². The third-order valence-electron chi connectivity index (χ3n) is 4.48. The van der Waals surface area contributed by atoms with E-state index in [2.05, 4.69) is 4.72 Å². The molecule has 0 aromatic rings. The van der Waals surface area contributed by atoms with Crippen LogP contribution in [0.5, 0.6) is 0 Å². The van der Waals surface area contributed by atoms with E-state index >= 15 is 0 Å². The normalized spacial score (nSPS) is 23.4. The van der Waals surface area contributed by atoms with Crippen LogP contribution >= 0.6 is 12.4 Å². The lowest BCUT2D eigenvalue weighted by Gasteiger charge is -2.23. The number of nitrogens with one attached hydrogen (secondary N) is 1. The Balaban J connectivity index is 0.00000180. The molecule has 0 spiro atoms. The molecule has 2 fully saturated rings. The standard InChI is InChI=1S/C13H26N2O2S.ClH/c14-9-13(12-7-3-4-8-12)15-18(16,17)10-11-5-1-2-6-11;/h11-13,15H,1-10,14H2;1H. The summed E-state index contributed by atoms with van der Waals surface area (Å²) in [5, 5.41) is 0. The van der Waals surface area contributed by atoms with Crippen molar-refractivity contribution in [1.29, 1.82) is 0 Å². The summed E-state index contributed by atoms with van der Waals surface area (Å²) < 4.78 is 27.2. The molecule has 114 valence electrons. The third-order valence-corrected chi connectivity index (χ3v) is 6.06. The fraction of sp³-hybridized carbons (Fsp3) is 1.00. The first-order valence-corrected chi connectivity index (χ1v) is 8.96. The third kappa shape index (κ3) is 5.21. The second kappa shape index (κ2) is 7.81. The summed E-state index contributed by atoms with van der Waals surface area (Å²) in [6.45, 7) is 0.425. The van der Waals surface area contributed by atoms with Crippen molar-refractivity contribution in [3.05, 3.63) is 0 Å². The fourth-order valence-corrected chi connectivity index (χ4v) is 5.26. The van der Waals surface area contributed by atoms with Gasteiger partial charge in [-0.3, -0.25) is 0 Å². The molecule has 0 bridgehead atoms. The van der Waals surface area contributed by atoms with Crippen molar-refractivity contribution in [3.63, 3.8) is 0 Å². The van der Waals surface area contributed by atoms with Gasteiger partial charge >= 0.3 is 0 Å². The van der Waals surface area contributed by atoms with Crippen molar-refractivity contribution in [2.45, 2.75) is 57.4 Å². The van der Waals surface area contributed by atoms with Gasteiger partial charge in [0.15, 0.2) is 0 Å². The molecule has 1 unspecified atom stereocenters. The highest BCUT2D eigenvalue weighted by Gasteiger charge is 2.29. The van der Waals surface area contributed by atoms with Gasteiger partial charge in [-0.2, -0.15) is 0 Å². The minimum atomic E-state index is -3.14. The van der Waals surface area contributed by atoms with Gasteiger partial charge < -0.3 is 5.73 Å². The lowest BCUT2D eigenvalue weighted by Crippen LogP contribution is -2.46. The van der Waals surface area contributed by atoms with Crippen LogP contribution in [0.2, 0.25) is 0 Å². The first-order chi connectivity index (χ1) is 8.61. The van der Waals surface area contributed by atoms with Crippen LogP contribution < -0.4 is 10.5 Å². The summed E-state index contributed by atoms with van der Waals surface area (Å²) in [7, 11) is -3.14. The smallest absolute Gasteiger partial charge is 0.212 e. The Labute approximate surface area is 123 Å². The Morgan fingerprint density at radius 3 is 2.11 bits per heavy atom. The number of nitrogens with two attached hydrogens (primary N) is 1. The molecule has 4 nitrogen and oxygen atoms in total. The SMILES string of the molecule is Cl.NCC(NS(=O)(=O)CC1CCCC1)C1CCCC1. The van der Waals surface area contributed by atoms with Gasteiger partial charge in [0.25, 0.3) is 0 Å². The van der Waals surface area contributed by atoms with Gasteiger partial charge in [0.1, 0.15) is 0 Å². The molecule has 0 saturated heterocycles. The van der Waals surface area contributed by atoms with Crippen molar-refractivity contribution < 1.29 is 8.42 Å². The average Bonchev–Trinajstić information content (AvgIpc) is 2.97. The first-order valence-electron chi connectivity index (χ1n) is 7.31. The summed E-state index contributed by atoms with van der Waals surface area (Å²) in [6, 6.07) is -0.0427. The van der Waals surface area contributed by atoms with E-state index in [-0.39, 0.29) is 18.4 Å². The van der Waals surface area contributed by atoms with Crippen LogP contribution in [0.4, 0.5) is 0 Å². The van der Waals surface area contributed by atoms with Crippen molar-refractivity contribution in [3.8, 4) is 0 Å². The minimum Gasteiger partial charge on any atom is -0.329 e. The zero-order valence-electron chi connectivity index (χ0n) is 11.5. The van der Waals surface area contributed by atoms with Crippen LogP contribution in [0.1, 0.15) is 51.4 Å². The Bertz CT molecular complexity index is 350. The van der Waals surface area contributed by atoms with Crippen molar-refractivity contribution >= 4 is 22.4 Å². The summed E-state index contributed by atoms with van der Waals surface area (Å²) in [5.41, 5.74) is 5.74. The topological polar surface area (TPSA) is 72.2 Å². The first kappa shape index (κ1) is 17.2. The highest BCUT2D eigenvalue weighted by atomic mass is 35.5. The molecule has 3 N–H and O–H groups in total. The van der Waals surface area contributed by atoms with E-state index in [1.165, 1.54) is 25.7 Å². The largest absolute Gasteiger partial charge is 0.329 e. The van der Waals surface area contributed by atoms with E-state index < -0.39 is 10.0 Å². The van der Waals surface area contributed by atoms with Gasteiger partial charge in [-0.15, -0.1) is 12.4 Å². The molecule has 0 heterocycles. The van der Waals surface area contributed by atoms with Crippen molar-refractivity contribution in [2.24, 2.45) is 17.6 Å². The number of rotatable bonds is 6. The predicted molar refractivity (Wildman–Crippen MR) is 80.9 cm³/mol. The lowest BCUT2D eigenvalue weighted by atomic mass is 9.99.